The lowest BCUT2D eigenvalue weighted by molar-refractivity contribution is 0.597. The molecule has 0 saturated heterocycles. The highest BCUT2D eigenvalue weighted by Gasteiger charge is 2.14. The molecule has 0 radical (unpaired) electrons. The standard InChI is InChI=1S/C18H16ClNO2S2/c1-13-12-18(20-17-5-3-2-4-16(13)17)23-10-11-24(21,22)15-8-6-14(19)7-9-15/h2-9,12H,10-11H2,1H3. The van der Waals surface area contributed by atoms with Gasteiger partial charge < -0.3 is 0 Å². The minimum absolute atomic E-state index is 0.0624. The molecule has 0 atom stereocenters. The summed E-state index contributed by atoms with van der Waals surface area (Å²) in [6.45, 7) is 2.04. The van der Waals surface area contributed by atoms with Crippen LogP contribution in [0.15, 0.2) is 64.5 Å². The molecule has 0 aliphatic rings. The number of hydrogen-bond acceptors (Lipinski definition) is 4. The van der Waals surface area contributed by atoms with Crippen molar-refractivity contribution in [2.75, 3.05) is 11.5 Å². The van der Waals surface area contributed by atoms with E-state index in [1.807, 2.05) is 37.3 Å². The molecule has 3 aromatic rings. The van der Waals surface area contributed by atoms with Gasteiger partial charge in [0.1, 0.15) is 0 Å². The molecule has 24 heavy (non-hydrogen) atoms. The number of thioether (sulfide) groups is 1. The molecule has 2 aromatic carbocycles. The number of halogens is 1. The number of sulfone groups is 1. The third kappa shape index (κ3) is 3.91. The number of aromatic nitrogens is 1. The third-order valence-corrected chi connectivity index (χ3v) is 6.83. The monoisotopic (exact) mass is 377 g/mol. The van der Waals surface area contributed by atoms with Gasteiger partial charge in [-0.3, -0.25) is 0 Å². The van der Waals surface area contributed by atoms with Crippen LogP contribution in [-0.2, 0) is 9.84 Å². The van der Waals surface area contributed by atoms with Gasteiger partial charge in [0.25, 0.3) is 0 Å². The van der Waals surface area contributed by atoms with Crippen molar-refractivity contribution in [3.05, 3.63) is 65.2 Å². The summed E-state index contributed by atoms with van der Waals surface area (Å²) in [5.41, 5.74) is 2.07. The summed E-state index contributed by atoms with van der Waals surface area (Å²) in [6, 6.07) is 16.2. The number of nitrogens with zero attached hydrogens (tertiary/aromatic N) is 1. The molecule has 1 heterocycles. The van der Waals surface area contributed by atoms with E-state index in [4.69, 9.17) is 11.6 Å². The normalized spacial score (nSPS) is 11.8. The van der Waals surface area contributed by atoms with Gasteiger partial charge in [0, 0.05) is 16.2 Å². The van der Waals surface area contributed by atoms with Gasteiger partial charge in [0.2, 0.25) is 0 Å². The smallest absolute Gasteiger partial charge is 0.179 e. The van der Waals surface area contributed by atoms with Gasteiger partial charge in [-0.25, -0.2) is 13.4 Å². The molecule has 3 nitrogen and oxygen atoms in total. The molecule has 6 heteroatoms. The summed E-state index contributed by atoms with van der Waals surface area (Å²) >= 11 is 7.26. The van der Waals surface area contributed by atoms with Crippen molar-refractivity contribution < 1.29 is 8.42 Å². The maximum Gasteiger partial charge on any atom is 0.179 e. The number of benzene rings is 2. The maximum absolute atomic E-state index is 12.3. The van der Waals surface area contributed by atoms with Crippen LogP contribution >= 0.6 is 23.4 Å². The fraction of sp³-hybridized carbons (Fsp3) is 0.167. The van der Waals surface area contributed by atoms with Gasteiger partial charge in [-0.2, -0.15) is 0 Å². The van der Waals surface area contributed by atoms with Crippen LogP contribution in [0.4, 0.5) is 0 Å². The number of hydrogen-bond donors (Lipinski definition) is 0. The second kappa shape index (κ2) is 7.13. The van der Waals surface area contributed by atoms with Gasteiger partial charge in [-0.05, 0) is 48.9 Å². The van der Waals surface area contributed by atoms with Crippen molar-refractivity contribution >= 4 is 44.1 Å². The fourth-order valence-electron chi connectivity index (χ4n) is 2.41. The van der Waals surface area contributed by atoms with Crippen molar-refractivity contribution in [3.63, 3.8) is 0 Å². The summed E-state index contributed by atoms with van der Waals surface area (Å²) in [5, 5.41) is 2.49. The van der Waals surface area contributed by atoms with Crippen LogP contribution in [0.2, 0.25) is 5.02 Å². The SMILES string of the molecule is Cc1cc(SCCS(=O)(=O)c2ccc(Cl)cc2)nc2ccccc12. The van der Waals surface area contributed by atoms with Crippen molar-refractivity contribution in [1.82, 2.24) is 4.98 Å². The predicted octanol–water partition coefficient (Wildman–Crippen LogP) is 4.76. The molecule has 0 fully saturated rings. The van der Waals surface area contributed by atoms with Crippen LogP contribution in [-0.4, -0.2) is 24.9 Å². The van der Waals surface area contributed by atoms with E-state index in [9.17, 15) is 8.42 Å². The Kier molecular flexibility index (Phi) is 5.13. The van der Waals surface area contributed by atoms with E-state index in [1.54, 1.807) is 24.3 Å². The summed E-state index contributed by atoms with van der Waals surface area (Å²) in [5.74, 6) is 0.516. The highest BCUT2D eigenvalue weighted by atomic mass is 35.5. The molecule has 124 valence electrons. The molecule has 3 rings (SSSR count). The molecule has 0 aliphatic heterocycles. The second-order valence-corrected chi connectivity index (χ2v) is 9.08. The van der Waals surface area contributed by atoms with E-state index < -0.39 is 9.84 Å². The highest BCUT2D eigenvalue weighted by Crippen LogP contribution is 2.24. The first kappa shape index (κ1) is 17.3. The average molecular weight is 378 g/mol. The van der Waals surface area contributed by atoms with E-state index in [0.29, 0.717) is 15.7 Å². The Morgan fingerprint density at radius 2 is 1.79 bits per heavy atom. The largest absolute Gasteiger partial charge is 0.241 e. The number of rotatable bonds is 5. The lowest BCUT2D eigenvalue weighted by Crippen LogP contribution is -2.08. The highest BCUT2D eigenvalue weighted by molar-refractivity contribution is 8.00. The van der Waals surface area contributed by atoms with E-state index in [0.717, 1.165) is 21.5 Å². The minimum Gasteiger partial charge on any atom is -0.241 e. The first-order valence-electron chi connectivity index (χ1n) is 7.43. The zero-order valence-electron chi connectivity index (χ0n) is 13.1. The molecule has 0 N–H and O–H groups in total. The van der Waals surface area contributed by atoms with E-state index in [-0.39, 0.29) is 5.75 Å². The van der Waals surface area contributed by atoms with E-state index in [2.05, 4.69) is 4.98 Å². The van der Waals surface area contributed by atoms with Crippen molar-refractivity contribution in [2.24, 2.45) is 0 Å². The molecule has 0 spiro atoms. The van der Waals surface area contributed by atoms with Crippen molar-refractivity contribution in [2.45, 2.75) is 16.8 Å². The zero-order chi connectivity index (χ0) is 17.2. The number of pyridine rings is 1. The molecule has 1 aromatic heterocycles. The predicted molar refractivity (Wildman–Crippen MR) is 101 cm³/mol. The summed E-state index contributed by atoms with van der Waals surface area (Å²) in [7, 11) is -3.31. The van der Waals surface area contributed by atoms with Crippen LogP contribution in [0.1, 0.15) is 5.56 Å². The molecule has 0 aliphatic carbocycles. The average Bonchev–Trinajstić information content (AvgIpc) is 2.55. The van der Waals surface area contributed by atoms with Gasteiger partial charge in [-0.1, -0.05) is 29.8 Å². The number of aryl methyl sites for hydroxylation is 1. The Morgan fingerprint density at radius 3 is 2.54 bits per heavy atom. The molecule has 0 amide bonds. The van der Waals surface area contributed by atoms with Crippen LogP contribution in [0.3, 0.4) is 0 Å². The lowest BCUT2D eigenvalue weighted by Gasteiger charge is -2.07. The Labute approximate surface area is 151 Å². The van der Waals surface area contributed by atoms with E-state index in [1.165, 1.54) is 11.8 Å². The molecule has 0 bridgehead atoms. The van der Waals surface area contributed by atoms with Crippen LogP contribution in [0.5, 0.6) is 0 Å². The van der Waals surface area contributed by atoms with Gasteiger partial charge in [0.15, 0.2) is 9.84 Å². The molecule has 0 unspecified atom stereocenters. The van der Waals surface area contributed by atoms with Gasteiger partial charge >= 0.3 is 0 Å². The first-order valence-corrected chi connectivity index (χ1v) is 10.4. The quantitative estimate of drug-likeness (QED) is 0.601. The number of fused-ring (bicyclic) bond motifs is 1. The van der Waals surface area contributed by atoms with Crippen LogP contribution in [0, 0.1) is 6.92 Å². The lowest BCUT2D eigenvalue weighted by atomic mass is 10.1. The first-order chi connectivity index (χ1) is 11.5. The van der Waals surface area contributed by atoms with Crippen molar-refractivity contribution in [3.8, 4) is 0 Å². The molecular formula is C18H16ClNO2S2. The van der Waals surface area contributed by atoms with Crippen LogP contribution in [0.25, 0.3) is 10.9 Å². The summed E-state index contributed by atoms with van der Waals surface area (Å²) < 4.78 is 24.7. The Balaban J connectivity index is 1.71. The second-order valence-electron chi connectivity index (χ2n) is 5.42. The molecular weight excluding hydrogens is 362 g/mol. The number of para-hydroxylation sites is 1. The molecule has 0 saturated carbocycles. The summed E-state index contributed by atoms with van der Waals surface area (Å²) in [6.07, 6.45) is 0. The maximum atomic E-state index is 12.3. The minimum atomic E-state index is -3.31. The Morgan fingerprint density at radius 1 is 1.08 bits per heavy atom. The summed E-state index contributed by atoms with van der Waals surface area (Å²) in [4.78, 5) is 4.89. The Hall–Kier alpha value is -1.56. The third-order valence-electron chi connectivity index (χ3n) is 3.67. The van der Waals surface area contributed by atoms with Crippen molar-refractivity contribution in [1.29, 1.82) is 0 Å². The van der Waals surface area contributed by atoms with Gasteiger partial charge in [0.05, 0.1) is 21.2 Å². The Bertz CT molecular complexity index is 970. The van der Waals surface area contributed by atoms with E-state index >= 15 is 0 Å². The van der Waals surface area contributed by atoms with Gasteiger partial charge in [-0.15, -0.1) is 11.8 Å². The topological polar surface area (TPSA) is 47.0 Å². The van der Waals surface area contributed by atoms with Crippen LogP contribution < -0.4 is 0 Å². The zero-order valence-corrected chi connectivity index (χ0v) is 15.5. The fourth-order valence-corrected chi connectivity index (χ4v) is 5.16.